The number of carboxylic acids is 1. The van der Waals surface area contributed by atoms with E-state index in [1.165, 1.54) is 13.8 Å². The van der Waals surface area contributed by atoms with Crippen molar-refractivity contribution < 1.29 is 27.5 Å². The van der Waals surface area contributed by atoms with Gasteiger partial charge in [0.1, 0.15) is 6.04 Å². The fraction of sp³-hybridized carbons (Fsp3) is 0.875. The summed E-state index contributed by atoms with van der Waals surface area (Å²) in [6, 6.07) is -1.25. The van der Waals surface area contributed by atoms with Crippen LogP contribution < -0.4 is 5.32 Å². The third-order valence-electron chi connectivity index (χ3n) is 1.81. The van der Waals surface area contributed by atoms with Crippen molar-refractivity contribution in [3.8, 4) is 0 Å². The third-order valence-corrected chi connectivity index (χ3v) is 1.81. The highest BCUT2D eigenvalue weighted by Gasteiger charge is 2.41. The molecule has 1 atom stereocenters. The summed E-state index contributed by atoms with van der Waals surface area (Å²) in [6.45, 7) is 1.64. The second kappa shape index (κ2) is 5.29. The van der Waals surface area contributed by atoms with E-state index in [0.717, 1.165) is 0 Å². The highest BCUT2D eigenvalue weighted by Crippen LogP contribution is 2.22. The Morgan fingerprint density at radius 1 is 1.40 bits per heavy atom. The first kappa shape index (κ1) is 14.2. The zero-order valence-electron chi connectivity index (χ0n) is 8.31. The summed E-state index contributed by atoms with van der Waals surface area (Å²) in [7, 11) is 0. The van der Waals surface area contributed by atoms with E-state index in [0.29, 0.717) is 0 Å². The van der Waals surface area contributed by atoms with Crippen molar-refractivity contribution in [3.05, 3.63) is 0 Å². The molecule has 0 saturated carbocycles. The summed E-state index contributed by atoms with van der Waals surface area (Å²) in [6.07, 6.45) is -3.80. The topological polar surface area (TPSA) is 49.3 Å². The fourth-order valence-corrected chi connectivity index (χ4v) is 0.931. The Kier molecular flexibility index (Phi) is 4.99. The van der Waals surface area contributed by atoms with Gasteiger partial charge < -0.3 is 5.11 Å². The van der Waals surface area contributed by atoms with E-state index in [-0.39, 0.29) is 0 Å². The Labute approximate surface area is 84.5 Å². The summed E-state index contributed by atoms with van der Waals surface area (Å²) in [4.78, 5) is 10.5. The Bertz CT molecular complexity index is 221. The van der Waals surface area contributed by atoms with E-state index in [2.05, 4.69) is 0 Å². The lowest BCUT2D eigenvalue weighted by Crippen LogP contribution is -2.48. The van der Waals surface area contributed by atoms with Crippen molar-refractivity contribution in [2.24, 2.45) is 5.92 Å². The zero-order chi connectivity index (χ0) is 12.2. The Hall–Kier alpha value is -0.850. The summed E-state index contributed by atoms with van der Waals surface area (Å²) in [5.41, 5.74) is 0. The van der Waals surface area contributed by atoms with Crippen molar-refractivity contribution >= 4 is 5.97 Å². The summed E-state index contributed by atoms with van der Waals surface area (Å²) in [5.74, 6) is -6.01. The molecule has 0 bridgehead atoms. The van der Waals surface area contributed by atoms with Crippen LogP contribution in [0.15, 0.2) is 0 Å². The molecular weight excluding hydrogens is 218 g/mol. The van der Waals surface area contributed by atoms with Gasteiger partial charge in [0.15, 0.2) is 0 Å². The fourth-order valence-electron chi connectivity index (χ4n) is 0.931. The van der Waals surface area contributed by atoms with Gasteiger partial charge in [-0.05, 0) is 5.92 Å². The maximum absolute atomic E-state index is 12.4. The van der Waals surface area contributed by atoms with Crippen LogP contribution in [0, 0.1) is 5.92 Å². The molecule has 0 heterocycles. The molecular formula is C8H13F4NO2. The lowest BCUT2D eigenvalue weighted by atomic mass is 10.0. The molecule has 0 fully saturated rings. The van der Waals surface area contributed by atoms with Gasteiger partial charge in [0.2, 0.25) is 0 Å². The van der Waals surface area contributed by atoms with E-state index in [9.17, 15) is 22.4 Å². The number of carbonyl (C=O) groups is 1. The SMILES string of the molecule is CC(C)C(NCC(F)(F)C(F)F)C(=O)O. The number of halogens is 4. The third kappa shape index (κ3) is 4.46. The van der Waals surface area contributed by atoms with E-state index in [4.69, 9.17) is 5.11 Å². The van der Waals surface area contributed by atoms with Crippen LogP contribution in [0.25, 0.3) is 0 Å². The van der Waals surface area contributed by atoms with Crippen LogP contribution in [0.3, 0.4) is 0 Å². The van der Waals surface area contributed by atoms with Gasteiger partial charge in [-0.15, -0.1) is 0 Å². The van der Waals surface area contributed by atoms with Crippen molar-refractivity contribution in [1.29, 1.82) is 0 Å². The van der Waals surface area contributed by atoms with Gasteiger partial charge in [0.05, 0.1) is 6.54 Å². The molecule has 90 valence electrons. The number of hydrogen-bond donors (Lipinski definition) is 2. The predicted molar refractivity (Wildman–Crippen MR) is 45.2 cm³/mol. The largest absolute Gasteiger partial charge is 0.480 e. The Morgan fingerprint density at radius 2 is 1.87 bits per heavy atom. The number of aliphatic carboxylic acids is 1. The molecule has 0 aromatic rings. The number of nitrogens with one attached hydrogen (secondary N) is 1. The average Bonchev–Trinajstić information content (AvgIpc) is 2.02. The molecule has 0 aromatic carbocycles. The van der Waals surface area contributed by atoms with Crippen LogP contribution in [0.4, 0.5) is 17.6 Å². The van der Waals surface area contributed by atoms with Gasteiger partial charge in [0.25, 0.3) is 0 Å². The molecule has 0 aliphatic carbocycles. The van der Waals surface area contributed by atoms with Crippen LogP contribution in [0.2, 0.25) is 0 Å². The van der Waals surface area contributed by atoms with Crippen molar-refractivity contribution in [1.82, 2.24) is 5.32 Å². The quantitative estimate of drug-likeness (QED) is 0.682. The summed E-state index contributed by atoms with van der Waals surface area (Å²) < 4.78 is 48.3. The second-order valence-corrected chi connectivity index (χ2v) is 3.50. The smallest absolute Gasteiger partial charge is 0.320 e. The minimum Gasteiger partial charge on any atom is -0.480 e. The van der Waals surface area contributed by atoms with E-state index < -0.39 is 36.8 Å². The maximum atomic E-state index is 12.4. The van der Waals surface area contributed by atoms with Gasteiger partial charge in [-0.25, -0.2) is 8.78 Å². The molecule has 7 heteroatoms. The normalized spacial score (nSPS) is 14.7. The lowest BCUT2D eigenvalue weighted by molar-refractivity contribution is -0.144. The highest BCUT2D eigenvalue weighted by atomic mass is 19.3. The van der Waals surface area contributed by atoms with Gasteiger partial charge in [0, 0.05) is 0 Å². The van der Waals surface area contributed by atoms with E-state index in [1.54, 1.807) is 0 Å². The molecule has 0 radical (unpaired) electrons. The summed E-state index contributed by atoms with van der Waals surface area (Å²) in [5, 5.41) is 10.5. The average molecular weight is 231 g/mol. The van der Waals surface area contributed by atoms with Gasteiger partial charge >= 0.3 is 18.3 Å². The second-order valence-electron chi connectivity index (χ2n) is 3.50. The minimum absolute atomic E-state index is 0.462. The Balaban J connectivity index is 4.28. The number of alkyl halides is 4. The number of hydrogen-bond acceptors (Lipinski definition) is 2. The van der Waals surface area contributed by atoms with E-state index >= 15 is 0 Å². The predicted octanol–water partition coefficient (Wildman–Crippen LogP) is 1.59. The molecule has 0 aliphatic heterocycles. The molecule has 0 spiro atoms. The zero-order valence-corrected chi connectivity index (χ0v) is 8.31. The summed E-state index contributed by atoms with van der Waals surface area (Å²) >= 11 is 0. The number of rotatable bonds is 6. The van der Waals surface area contributed by atoms with Gasteiger partial charge in [-0.2, -0.15) is 8.78 Å². The first-order valence-corrected chi connectivity index (χ1v) is 4.30. The monoisotopic (exact) mass is 231 g/mol. The molecule has 2 N–H and O–H groups in total. The molecule has 0 saturated heterocycles. The number of carboxylic acid groups (broad SMARTS) is 1. The minimum atomic E-state index is -4.21. The van der Waals surface area contributed by atoms with Crippen molar-refractivity contribution in [2.45, 2.75) is 32.2 Å². The van der Waals surface area contributed by atoms with Crippen molar-refractivity contribution in [3.63, 3.8) is 0 Å². The maximum Gasteiger partial charge on any atom is 0.320 e. The molecule has 0 rings (SSSR count). The van der Waals surface area contributed by atoms with E-state index in [1.807, 2.05) is 5.32 Å². The standard InChI is InChI=1S/C8H13F4NO2/c1-4(2)5(6(14)15)13-3-8(11,12)7(9)10/h4-5,7,13H,3H2,1-2H3,(H,14,15). The molecule has 0 amide bonds. The molecule has 15 heavy (non-hydrogen) atoms. The lowest BCUT2D eigenvalue weighted by Gasteiger charge is -2.21. The van der Waals surface area contributed by atoms with Crippen LogP contribution in [-0.4, -0.2) is 36.0 Å². The Morgan fingerprint density at radius 3 is 2.13 bits per heavy atom. The molecule has 0 aromatic heterocycles. The van der Waals surface area contributed by atoms with Crippen LogP contribution in [-0.2, 0) is 4.79 Å². The van der Waals surface area contributed by atoms with Crippen LogP contribution in [0.1, 0.15) is 13.8 Å². The van der Waals surface area contributed by atoms with Crippen LogP contribution >= 0.6 is 0 Å². The molecule has 3 nitrogen and oxygen atoms in total. The van der Waals surface area contributed by atoms with Gasteiger partial charge in [-0.1, -0.05) is 13.8 Å². The first-order valence-electron chi connectivity index (χ1n) is 4.30. The van der Waals surface area contributed by atoms with Crippen LogP contribution in [0.5, 0.6) is 0 Å². The molecule has 1 unspecified atom stereocenters. The van der Waals surface area contributed by atoms with Gasteiger partial charge in [-0.3, -0.25) is 10.1 Å². The molecule has 0 aliphatic rings. The first-order chi connectivity index (χ1) is 6.68. The van der Waals surface area contributed by atoms with Crippen molar-refractivity contribution in [2.75, 3.05) is 6.54 Å². The highest BCUT2D eigenvalue weighted by molar-refractivity contribution is 5.73.